The summed E-state index contributed by atoms with van der Waals surface area (Å²) in [5.74, 6) is 0.668. The molecule has 100 valence electrons. The van der Waals surface area contributed by atoms with Crippen LogP contribution in [0.4, 0.5) is 0 Å². The Bertz CT molecular complexity index is 725. The maximum atomic E-state index is 10.7. The Kier molecular flexibility index (Phi) is 3.35. The van der Waals surface area contributed by atoms with Gasteiger partial charge in [-0.25, -0.2) is 0 Å². The van der Waals surface area contributed by atoms with Crippen LogP contribution in [0.5, 0.6) is 5.75 Å². The molecule has 1 heterocycles. The Balaban J connectivity index is 2.23. The molecule has 1 unspecified atom stereocenters. The largest absolute Gasteiger partial charge is 0.496 e. The molecule has 0 amide bonds. The van der Waals surface area contributed by atoms with Gasteiger partial charge in [-0.3, -0.25) is 4.98 Å². The topological polar surface area (TPSA) is 42.4 Å². The van der Waals surface area contributed by atoms with Gasteiger partial charge in [0.1, 0.15) is 11.9 Å². The fourth-order valence-electron chi connectivity index (χ4n) is 2.42. The molecule has 3 nitrogen and oxygen atoms in total. The molecule has 0 bridgehead atoms. The summed E-state index contributed by atoms with van der Waals surface area (Å²) in [6, 6.07) is 17.3. The number of rotatable bonds is 3. The second-order valence-corrected chi connectivity index (χ2v) is 4.56. The number of ether oxygens (including phenoxy) is 1. The Labute approximate surface area is 117 Å². The van der Waals surface area contributed by atoms with E-state index in [4.69, 9.17) is 4.74 Å². The lowest BCUT2D eigenvalue weighted by atomic mass is 9.97. The minimum absolute atomic E-state index is 0.613. The molecule has 2 aromatic carbocycles. The van der Waals surface area contributed by atoms with Crippen molar-refractivity contribution in [2.75, 3.05) is 7.11 Å². The summed E-state index contributed by atoms with van der Waals surface area (Å²) in [7, 11) is 1.61. The van der Waals surface area contributed by atoms with E-state index in [2.05, 4.69) is 4.98 Å². The summed E-state index contributed by atoms with van der Waals surface area (Å²) >= 11 is 0. The lowest BCUT2D eigenvalue weighted by molar-refractivity contribution is 0.211. The number of aliphatic hydroxyl groups is 1. The molecule has 0 aliphatic rings. The van der Waals surface area contributed by atoms with E-state index >= 15 is 0 Å². The summed E-state index contributed by atoms with van der Waals surface area (Å²) in [5.41, 5.74) is 1.37. The molecule has 20 heavy (non-hydrogen) atoms. The van der Waals surface area contributed by atoms with E-state index < -0.39 is 6.10 Å². The number of nitrogens with zero attached hydrogens (tertiary/aromatic N) is 1. The highest BCUT2D eigenvalue weighted by Crippen LogP contribution is 2.35. The van der Waals surface area contributed by atoms with Crippen molar-refractivity contribution < 1.29 is 9.84 Å². The Morgan fingerprint density at radius 3 is 2.55 bits per heavy atom. The summed E-state index contributed by atoms with van der Waals surface area (Å²) in [5, 5.41) is 12.7. The number of aromatic nitrogens is 1. The normalized spacial score (nSPS) is 12.3. The van der Waals surface area contributed by atoms with Crippen molar-refractivity contribution in [2.45, 2.75) is 6.10 Å². The predicted octanol–water partition coefficient (Wildman–Crippen LogP) is 3.33. The van der Waals surface area contributed by atoms with Gasteiger partial charge >= 0.3 is 0 Å². The quantitative estimate of drug-likeness (QED) is 0.790. The van der Waals surface area contributed by atoms with E-state index in [1.807, 2.05) is 54.6 Å². The van der Waals surface area contributed by atoms with Gasteiger partial charge in [0, 0.05) is 11.8 Å². The zero-order valence-corrected chi connectivity index (χ0v) is 11.2. The van der Waals surface area contributed by atoms with Crippen LogP contribution in [0, 0.1) is 0 Å². The van der Waals surface area contributed by atoms with Crippen LogP contribution >= 0.6 is 0 Å². The number of methoxy groups -OCH3 is 1. The number of hydrogen-bond acceptors (Lipinski definition) is 3. The van der Waals surface area contributed by atoms with Gasteiger partial charge < -0.3 is 9.84 Å². The van der Waals surface area contributed by atoms with Crippen LogP contribution in [0.15, 0.2) is 60.8 Å². The van der Waals surface area contributed by atoms with Crippen molar-refractivity contribution in [2.24, 2.45) is 0 Å². The average molecular weight is 265 g/mol. The van der Waals surface area contributed by atoms with E-state index in [0.717, 1.165) is 16.3 Å². The summed E-state index contributed by atoms with van der Waals surface area (Å²) in [4.78, 5) is 4.23. The van der Waals surface area contributed by atoms with Gasteiger partial charge in [-0.15, -0.1) is 0 Å². The maximum absolute atomic E-state index is 10.7. The first-order valence-corrected chi connectivity index (χ1v) is 6.46. The van der Waals surface area contributed by atoms with E-state index in [1.54, 1.807) is 13.3 Å². The van der Waals surface area contributed by atoms with E-state index in [9.17, 15) is 5.11 Å². The fourth-order valence-corrected chi connectivity index (χ4v) is 2.42. The van der Waals surface area contributed by atoms with Crippen LogP contribution in [0.3, 0.4) is 0 Å². The molecule has 3 heteroatoms. The number of hydrogen-bond donors (Lipinski definition) is 1. The standard InChI is InChI=1S/C17H15NO2/c1-20-15-10-9-12-6-2-3-7-13(12)16(15)17(19)14-8-4-5-11-18-14/h2-11,17,19H,1H3. The van der Waals surface area contributed by atoms with Gasteiger partial charge in [-0.1, -0.05) is 36.4 Å². The number of benzene rings is 2. The molecule has 3 aromatic rings. The van der Waals surface area contributed by atoms with Crippen LogP contribution in [0.25, 0.3) is 10.8 Å². The zero-order chi connectivity index (χ0) is 13.9. The van der Waals surface area contributed by atoms with Crippen molar-refractivity contribution in [1.29, 1.82) is 0 Å². The molecule has 0 fully saturated rings. The molecule has 0 radical (unpaired) electrons. The van der Waals surface area contributed by atoms with Crippen LogP contribution in [-0.2, 0) is 0 Å². The number of aliphatic hydroxyl groups excluding tert-OH is 1. The molecule has 3 rings (SSSR count). The van der Waals surface area contributed by atoms with Crippen molar-refractivity contribution in [3.63, 3.8) is 0 Å². The third-order valence-electron chi connectivity index (χ3n) is 3.39. The highest BCUT2D eigenvalue weighted by Gasteiger charge is 2.19. The Hall–Kier alpha value is -2.39. The number of pyridine rings is 1. The van der Waals surface area contributed by atoms with Gasteiger partial charge in [0.2, 0.25) is 0 Å². The van der Waals surface area contributed by atoms with Crippen LogP contribution in [-0.4, -0.2) is 17.2 Å². The van der Waals surface area contributed by atoms with Crippen LogP contribution in [0.2, 0.25) is 0 Å². The van der Waals surface area contributed by atoms with Gasteiger partial charge in [-0.2, -0.15) is 0 Å². The van der Waals surface area contributed by atoms with Crippen molar-refractivity contribution in [1.82, 2.24) is 4.98 Å². The minimum atomic E-state index is -0.808. The van der Waals surface area contributed by atoms with E-state index in [-0.39, 0.29) is 0 Å². The molecular weight excluding hydrogens is 250 g/mol. The van der Waals surface area contributed by atoms with Crippen LogP contribution in [0.1, 0.15) is 17.4 Å². The van der Waals surface area contributed by atoms with Crippen LogP contribution < -0.4 is 4.74 Å². The molecular formula is C17H15NO2. The zero-order valence-electron chi connectivity index (χ0n) is 11.2. The third kappa shape index (κ3) is 2.12. The molecule has 0 aliphatic heterocycles. The van der Waals surface area contributed by atoms with Gasteiger partial charge in [0.25, 0.3) is 0 Å². The smallest absolute Gasteiger partial charge is 0.125 e. The molecule has 0 saturated carbocycles. The molecule has 1 aromatic heterocycles. The molecule has 0 spiro atoms. The van der Waals surface area contributed by atoms with Crippen molar-refractivity contribution >= 4 is 10.8 Å². The van der Waals surface area contributed by atoms with Crippen molar-refractivity contribution in [3.05, 3.63) is 72.1 Å². The fraction of sp³-hybridized carbons (Fsp3) is 0.118. The first kappa shape index (κ1) is 12.6. The number of fused-ring (bicyclic) bond motifs is 1. The van der Waals surface area contributed by atoms with Gasteiger partial charge in [0.15, 0.2) is 0 Å². The minimum Gasteiger partial charge on any atom is -0.496 e. The Morgan fingerprint density at radius 2 is 1.80 bits per heavy atom. The monoisotopic (exact) mass is 265 g/mol. The Morgan fingerprint density at radius 1 is 1.00 bits per heavy atom. The molecule has 1 atom stereocenters. The highest BCUT2D eigenvalue weighted by molar-refractivity contribution is 5.88. The van der Waals surface area contributed by atoms with Crippen molar-refractivity contribution in [3.8, 4) is 5.75 Å². The highest BCUT2D eigenvalue weighted by atomic mass is 16.5. The van der Waals surface area contributed by atoms with Gasteiger partial charge in [0.05, 0.1) is 12.8 Å². The average Bonchev–Trinajstić information content (AvgIpc) is 2.54. The molecule has 1 N–H and O–H groups in total. The second-order valence-electron chi connectivity index (χ2n) is 4.56. The van der Waals surface area contributed by atoms with E-state index in [1.165, 1.54) is 0 Å². The third-order valence-corrected chi connectivity index (χ3v) is 3.39. The summed E-state index contributed by atoms with van der Waals surface area (Å²) < 4.78 is 5.41. The predicted molar refractivity (Wildman–Crippen MR) is 78.8 cm³/mol. The lowest BCUT2D eigenvalue weighted by Gasteiger charge is -2.17. The molecule has 0 saturated heterocycles. The maximum Gasteiger partial charge on any atom is 0.125 e. The SMILES string of the molecule is COc1ccc2ccccc2c1C(O)c1ccccn1. The van der Waals surface area contributed by atoms with E-state index in [0.29, 0.717) is 11.4 Å². The lowest BCUT2D eigenvalue weighted by Crippen LogP contribution is -2.05. The second kappa shape index (κ2) is 5.31. The van der Waals surface area contributed by atoms with Gasteiger partial charge in [-0.05, 0) is 29.0 Å². The summed E-state index contributed by atoms with van der Waals surface area (Å²) in [6.07, 6.45) is 0.869. The first-order chi connectivity index (χ1) is 9.81. The summed E-state index contributed by atoms with van der Waals surface area (Å²) in [6.45, 7) is 0. The first-order valence-electron chi connectivity index (χ1n) is 6.46. The molecule has 0 aliphatic carbocycles.